The van der Waals surface area contributed by atoms with Crippen molar-refractivity contribution in [2.75, 3.05) is 19.0 Å². The number of anilines is 1. The van der Waals surface area contributed by atoms with Crippen LogP contribution in [-0.4, -0.2) is 24.9 Å². The van der Waals surface area contributed by atoms with Crippen molar-refractivity contribution in [3.63, 3.8) is 0 Å². The molecule has 0 radical (unpaired) electrons. The molecule has 0 heterocycles. The summed E-state index contributed by atoms with van der Waals surface area (Å²) in [5, 5.41) is 14.1. The van der Waals surface area contributed by atoms with Gasteiger partial charge in [-0.1, -0.05) is 12.1 Å². The first kappa shape index (κ1) is 15.5. The van der Waals surface area contributed by atoms with Crippen LogP contribution in [0, 0.1) is 10.1 Å². The maximum Gasteiger partial charge on any atom is 0.293 e. The lowest BCUT2D eigenvalue weighted by molar-refractivity contribution is -0.384. The van der Waals surface area contributed by atoms with E-state index in [-0.39, 0.29) is 11.3 Å². The minimum Gasteiger partial charge on any atom is -0.497 e. The first-order chi connectivity index (χ1) is 10.6. The Kier molecular flexibility index (Phi) is 5.08. The highest BCUT2D eigenvalue weighted by atomic mass is 16.6. The Bertz CT molecular complexity index is 668. The lowest BCUT2D eigenvalue weighted by Gasteiger charge is -2.08. The van der Waals surface area contributed by atoms with Crippen LogP contribution in [-0.2, 0) is 6.42 Å². The molecular weight excluding hydrogens is 284 g/mol. The van der Waals surface area contributed by atoms with Crippen molar-refractivity contribution in [3.05, 3.63) is 63.7 Å². The summed E-state index contributed by atoms with van der Waals surface area (Å²) in [6, 6.07) is 12.0. The largest absolute Gasteiger partial charge is 0.497 e. The molecule has 0 saturated heterocycles. The van der Waals surface area contributed by atoms with Crippen LogP contribution in [0.5, 0.6) is 5.75 Å². The Morgan fingerprint density at radius 2 is 1.95 bits per heavy atom. The van der Waals surface area contributed by atoms with Crippen molar-refractivity contribution in [2.24, 2.45) is 0 Å². The van der Waals surface area contributed by atoms with Gasteiger partial charge in [0.25, 0.3) is 5.69 Å². The zero-order valence-corrected chi connectivity index (χ0v) is 12.1. The third kappa shape index (κ3) is 3.82. The fraction of sp³-hybridized carbons (Fsp3) is 0.188. The third-order valence-electron chi connectivity index (χ3n) is 3.24. The highest BCUT2D eigenvalue weighted by Crippen LogP contribution is 2.25. The molecule has 2 rings (SSSR count). The Morgan fingerprint density at radius 1 is 1.23 bits per heavy atom. The smallest absolute Gasteiger partial charge is 0.293 e. The predicted octanol–water partition coefficient (Wildman–Crippen LogP) is 3.07. The summed E-state index contributed by atoms with van der Waals surface area (Å²) < 4.78 is 5.09. The molecule has 0 saturated carbocycles. The second-order valence-electron chi connectivity index (χ2n) is 4.68. The van der Waals surface area contributed by atoms with Crippen molar-refractivity contribution < 1.29 is 14.5 Å². The van der Waals surface area contributed by atoms with Crippen molar-refractivity contribution in [2.45, 2.75) is 6.42 Å². The molecular formula is C16H16N2O4. The number of methoxy groups -OCH3 is 1. The molecule has 22 heavy (non-hydrogen) atoms. The number of nitrogens with one attached hydrogen (secondary N) is 1. The van der Waals surface area contributed by atoms with Crippen molar-refractivity contribution in [1.82, 2.24) is 0 Å². The van der Waals surface area contributed by atoms with Crippen LogP contribution in [0.4, 0.5) is 11.4 Å². The van der Waals surface area contributed by atoms with E-state index in [2.05, 4.69) is 5.32 Å². The van der Waals surface area contributed by atoms with Crippen LogP contribution in [0.1, 0.15) is 15.9 Å². The summed E-state index contributed by atoms with van der Waals surface area (Å²) in [5.74, 6) is 0.789. The number of rotatable bonds is 7. The lowest BCUT2D eigenvalue weighted by Crippen LogP contribution is -2.07. The molecule has 0 fully saturated rings. The van der Waals surface area contributed by atoms with Crippen molar-refractivity contribution >= 4 is 17.7 Å². The Morgan fingerprint density at radius 3 is 2.55 bits per heavy atom. The minimum absolute atomic E-state index is 0.0978. The zero-order valence-electron chi connectivity index (χ0n) is 12.1. The van der Waals surface area contributed by atoms with Gasteiger partial charge < -0.3 is 10.1 Å². The fourth-order valence-corrected chi connectivity index (χ4v) is 2.06. The van der Waals surface area contributed by atoms with Crippen molar-refractivity contribution in [1.29, 1.82) is 0 Å². The predicted molar refractivity (Wildman–Crippen MR) is 83.7 cm³/mol. The SMILES string of the molecule is COc1ccc(CCNc2ccc(C=O)cc2[N+](=O)[O-])cc1. The van der Waals surface area contributed by atoms with Gasteiger partial charge in [0, 0.05) is 18.2 Å². The van der Waals surface area contributed by atoms with Gasteiger partial charge in [0.1, 0.15) is 17.7 Å². The van der Waals surface area contributed by atoms with Crippen LogP contribution >= 0.6 is 0 Å². The highest BCUT2D eigenvalue weighted by molar-refractivity contribution is 5.79. The minimum atomic E-state index is -0.497. The molecule has 0 unspecified atom stereocenters. The number of nitrogens with zero attached hydrogens (tertiary/aromatic N) is 1. The first-order valence-electron chi connectivity index (χ1n) is 6.74. The molecule has 6 nitrogen and oxygen atoms in total. The molecule has 0 aliphatic heterocycles. The number of hydrogen-bond acceptors (Lipinski definition) is 5. The molecule has 0 aliphatic rings. The van der Waals surface area contributed by atoms with Gasteiger partial charge in [-0.2, -0.15) is 0 Å². The summed E-state index contributed by atoms with van der Waals surface area (Å²) in [7, 11) is 1.61. The van der Waals surface area contributed by atoms with Crippen LogP contribution in [0.2, 0.25) is 0 Å². The number of hydrogen-bond donors (Lipinski definition) is 1. The van der Waals surface area contributed by atoms with Gasteiger partial charge in [-0.15, -0.1) is 0 Å². The second-order valence-corrected chi connectivity index (χ2v) is 4.68. The number of nitro benzene ring substituents is 1. The number of benzene rings is 2. The summed E-state index contributed by atoms with van der Waals surface area (Å²) in [6.45, 7) is 0.549. The maximum absolute atomic E-state index is 11.0. The van der Waals surface area contributed by atoms with Gasteiger partial charge in [-0.3, -0.25) is 14.9 Å². The second kappa shape index (κ2) is 7.21. The van der Waals surface area contributed by atoms with E-state index in [0.717, 1.165) is 17.7 Å². The number of nitro groups is 1. The van der Waals surface area contributed by atoms with E-state index in [4.69, 9.17) is 4.74 Å². The third-order valence-corrected chi connectivity index (χ3v) is 3.24. The number of carbonyl (C=O) groups excluding carboxylic acids is 1. The Balaban J connectivity index is 2.01. The highest BCUT2D eigenvalue weighted by Gasteiger charge is 2.14. The molecule has 2 aromatic rings. The molecule has 2 aromatic carbocycles. The Hall–Kier alpha value is -2.89. The van der Waals surface area contributed by atoms with Gasteiger partial charge in [0.15, 0.2) is 0 Å². The number of aldehydes is 1. The molecule has 0 aliphatic carbocycles. The van der Waals surface area contributed by atoms with Gasteiger partial charge in [-0.05, 0) is 36.2 Å². The van der Waals surface area contributed by atoms with Crippen LogP contribution in [0.25, 0.3) is 0 Å². The fourth-order valence-electron chi connectivity index (χ4n) is 2.06. The first-order valence-corrected chi connectivity index (χ1v) is 6.74. The van der Waals surface area contributed by atoms with Crippen molar-refractivity contribution in [3.8, 4) is 5.75 Å². The van der Waals surface area contributed by atoms with E-state index in [0.29, 0.717) is 18.5 Å². The van der Waals surface area contributed by atoms with E-state index in [1.807, 2.05) is 24.3 Å². The molecule has 0 atom stereocenters. The molecule has 6 heteroatoms. The normalized spacial score (nSPS) is 10.0. The van der Waals surface area contributed by atoms with E-state index in [1.54, 1.807) is 19.2 Å². The molecule has 0 amide bonds. The topological polar surface area (TPSA) is 81.5 Å². The average Bonchev–Trinajstić information content (AvgIpc) is 2.55. The molecule has 114 valence electrons. The molecule has 0 aromatic heterocycles. The summed E-state index contributed by atoms with van der Waals surface area (Å²) >= 11 is 0. The van der Waals surface area contributed by atoms with E-state index < -0.39 is 4.92 Å². The molecule has 1 N–H and O–H groups in total. The number of carbonyl (C=O) groups is 1. The van der Waals surface area contributed by atoms with Gasteiger partial charge in [0.05, 0.1) is 12.0 Å². The van der Waals surface area contributed by atoms with E-state index in [9.17, 15) is 14.9 Å². The monoisotopic (exact) mass is 300 g/mol. The summed E-state index contributed by atoms with van der Waals surface area (Å²) in [6.07, 6.45) is 1.31. The molecule has 0 spiro atoms. The number of ether oxygens (including phenoxy) is 1. The van der Waals surface area contributed by atoms with E-state index in [1.165, 1.54) is 6.07 Å². The van der Waals surface area contributed by atoms with Gasteiger partial charge in [0.2, 0.25) is 0 Å². The standard InChI is InChI=1S/C16H16N2O4/c1-22-14-5-2-12(3-6-14)8-9-17-15-7-4-13(11-19)10-16(15)18(20)21/h2-7,10-11,17H,8-9H2,1H3. The summed E-state index contributed by atoms with van der Waals surface area (Å²) in [5.41, 5.74) is 1.69. The Labute approximate surface area is 127 Å². The van der Waals surface area contributed by atoms with Gasteiger partial charge in [-0.25, -0.2) is 0 Å². The maximum atomic E-state index is 11.0. The van der Waals surface area contributed by atoms with Gasteiger partial charge >= 0.3 is 0 Å². The van der Waals surface area contributed by atoms with E-state index >= 15 is 0 Å². The molecule has 0 bridgehead atoms. The average molecular weight is 300 g/mol. The summed E-state index contributed by atoms with van der Waals surface area (Å²) in [4.78, 5) is 21.2. The lowest BCUT2D eigenvalue weighted by atomic mass is 10.1. The van der Waals surface area contributed by atoms with Crippen LogP contribution < -0.4 is 10.1 Å². The zero-order chi connectivity index (χ0) is 15.9. The van der Waals surface area contributed by atoms with Crippen LogP contribution in [0.3, 0.4) is 0 Å². The quantitative estimate of drug-likeness (QED) is 0.483. The van der Waals surface area contributed by atoms with Crippen LogP contribution in [0.15, 0.2) is 42.5 Å².